The first kappa shape index (κ1) is 17.7. The van der Waals surface area contributed by atoms with E-state index in [0.717, 1.165) is 16.2 Å². The van der Waals surface area contributed by atoms with Gasteiger partial charge in [-0.1, -0.05) is 6.07 Å². The molecule has 3 aromatic rings. The van der Waals surface area contributed by atoms with Gasteiger partial charge in [0.25, 0.3) is 17.7 Å². The van der Waals surface area contributed by atoms with Crippen LogP contribution in [0.5, 0.6) is 0 Å². The van der Waals surface area contributed by atoms with Crippen LogP contribution in [0, 0.1) is 6.92 Å². The van der Waals surface area contributed by atoms with Crippen LogP contribution in [0.4, 0.5) is 0 Å². The number of carbonyl (C=O) groups is 3. The number of nitrogens with zero attached hydrogens (tertiary/aromatic N) is 2. The van der Waals surface area contributed by atoms with Crippen LogP contribution in [0.1, 0.15) is 48.1 Å². The van der Waals surface area contributed by atoms with Gasteiger partial charge in [0.05, 0.1) is 36.2 Å². The van der Waals surface area contributed by atoms with Crippen LogP contribution in [-0.4, -0.2) is 27.6 Å². The summed E-state index contributed by atoms with van der Waals surface area (Å²) in [6, 6.07) is 11.7. The fourth-order valence-electron chi connectivity index (χ4n) is 3.10. The minimum absolute atomic E-state index is 0.0554. The molecule has 2 aromatic heterocycles. The van der Waals surface area contributed by atoms with Crippen LogP contribution in [0.2, 0.25) is 0 Å². The van der Waals surface area contributed by atoms with Gasteiger partial charge in [-0.25, -0.2) is 0 Å². The molecule has 1 N–H and O–H groups in total. The van der Waals surface area contributed by atoms with Gasteiger partial charge in [-0.05, 0) is 48.9 Å². The molecule has 0 fully saturated rings. The van der Waals surface area contributed by atoms with Crippen LogP contribution < -0.4 is 5.32 Å². The summed E-state index contributed by atoms with van der Waals surface area (Å²) in [5.74, 6) is -0.658. The number of benzene rings is 1. The number of furan rings is 1. The van der Waals surface area contributed by atoms with Gasteiger partial charge in [0.1, 0.15) is 5.76 Å². The van der Waals surface area contributed by atoms with Crippen molar-refractivity contribution in [2.45, 2.75) is 20.0 Å². The molecule has 0 unspecified atom stereocenters. The second-order valence-corrected chi connectivity index (χ2v) is 6.49. The van der Waals surface area contributed by atoms with E-state index in [4.69, 9.17) is 4.42 Å². The van der Waals surface area contributed by atoms with E-state index < -0.39 is 11.8 Å². The smallest absolute Gasteiger partial charge is 0.261 e. The number of carbonyl (C=O) groups excluding carboxylic acids is 3. The van der Waals surface area contributed by atoms with E-state index in [-0.39, 0.29) is 30.1 Å². The lowest BCUT2D eigenvalue weighted by molar-refractivity contribution is 0.0631. The molecule has 0 radical (unpaired) electrons. The van der Waals surface area contributed by atoms with E-state index in [9.17, 15) is 14.4 Å². The highest BCUT2D eigenvalue weighted by Crippen LogP contribution is 2.25. The molecule has 0 atom stereocenters. The highest BCUT2D eigenvalue weighted by Gasteiger charge is 2.36. The summed E-state index contributed by atoms with van der Waals surface area (Å²) in [5.41, 5.74) is 2.57. The SMILES string of the molecule is Cc1cccnc1CNC(=O)c1ccc2c(c1)C(=O)N(Cc1ccco1)C2=O. The zero-order valence-electron chi connectivity index (χ0n) is 15.1. The third kappa shape index (κ3) is 3.18. The standard InChI is InChI=1S/C21H17N3O4/c1-13-4-2-8-22-18(13)11-23-19(25)14-6-7-16-17(10-14)21(27)24(20(16)26)12-15-5-3-9-28-15/h2-10H,11-12H2,1H3,(H,23,25). The lowest BCUT2D eigenvalue weighted by Crippen LogP contribution is -2.28. The van der Waals surface area contributed by atoms with Crippen LogP contribution in [0.15, 0.2) is 59.3 Å². The minimum atomic E-state index is -0.438. The molecule has 0 bridgehead atoms. The summed E-state index contributed by atoms with van der Waals surface area (Å²) in [5, 5.41) is 2.79. The Kier molecular flexibility index (Phi) is 4.49. The highest BCUT2D eigenvalue weighted by atomic mass is 16.3. The Morgan fingerprint density at radius 3 is 2.68 bits per heavy atom. The van der Waals surface area contributed by atoms with Gasteiger partial charge in [-0.2, -0.15) is 0 Å². The third-order valence-electron chi connectivity index (χ3n) is 4.66. The van der Waals surface area contributed by atoms with Gasteiger partial charge in [-0.3, -0.25) is 24.3 Å². The molecule has 0 aliphatic carbocycles. The van der Waals surface area contributed by atoms with E-state index in [1.54, 1.807) is 24.4 Å². The molecule has 3 heterocycles. The van der Waals surface area contributed by atoms with Gasteiger partial charge >= 0.3 is 0 Å². The predicted octanol–water partition coefficient (Wildman–Crippen LogP) is 2.71. The van der Waals surface area contributed by atoms with E-state index in [1.165, 1.54) is 18.4 Å². The van der Waals surface area contributed by atoms with Crippen molar-refractivity contribution in [3.05, 3.63) is 88.6 Å². The second-order valence-electron chi connectivity index (χ2n) is 6.49. The molecule has 1 aliphatic heterocycles. The number of imide groups is 1. The monoisotopic (exact) mass is 375 g/mol. The molecule has 28 heavy (non-hydrogen) atoms. The Balaban J connectivity index is 1.51. The zero-order valence-corrected chi connectivity index (χ0v) is 15.1. The molecule has 4 rings (SSSR count). The number of fused-ring (bicyclic) bond motifs is 1. The van der Waals surface area contributed by atoms with Crippen molar-refractivity contribution in [1.82, 2.24) is 15.2 Å². The summed E-state index contributed by atoms with van der Waals surface area (Å²) < 4.78 is 5.22. The molecule has 7 heteroatoms. The molecule has 7 nitrogen and oxygen atoms in total. The molecule has 3 amide bonds. The summed E-state index contributed by atoms with van der Waals surface area (Å²) in [6.07, 6.45) is 3.15. The zero-order chi connectivity index (χ0) is 19.7. The number of nitrogens with one attached hydrogen (secondary N) is 1. The van der Waals surface area contributed by atoms with Crippen molar-refractivity contribution < 1.29 is 18.8 Å². The minimum Gasteiger partial charge on any atom is -0.467 e. The first-order valence-corrected chi connectivity index (χ1v) is 8.76. The van der Waals surface area contributed by atoms with Crippen molar-refractivity contribution >= 4 is 17.7 Å². The fraction of sp³-hybridized carbons (Fsp3) is 0.143. The highest BCUT2D eigenvalue weighted by molar-refractivity contribution is 6.22. The second kappa shape index (κ2) is 7.11. The van der Waals surface area contributed by atoms with Crippen molar-refractivity contribution in [3.63, 3.8) is 0 Å². The number of amides is 3. The first-order valence-electron chi connectivity index (χ1n) is 8.76. The maximum Gasteiger partial charge on any atom is 0.261 e. The van der Waals surface area contributed by atoms with Crippen LogP contribution in [0.3, 0.4) is 0 Å². The predicted molar refractivity (Wildman–Crippen MR) is 99.5 cm³/mol. The van der Waals surface area contributed by atoms with Crippen LogP contribution in [-0.2, 0) is 13.1 Å². The van der Waals surface area contributed by atoms with Crippen LogP contribution >= 0.6 is 0 Å². The lowest BCUT2D eigenvalue weighted by atomic mass is 10.1. The normalized spacial score (nSPS) is 13.0. The Hall–Kier alpha value is -3.74. The molecule has 0 saturated carbocycles. The molecule has 0 spiro atoms. The average molecular weight is 375 g/mol. The summed E-state index contributed by atoms with van der Waals surface area (Å²) >= 11 is 0. The maximum absolute atomic E-state index is 12.7. The Morgan fingerprint density at radius 1 is 1.11 bits per heavy atom. The largest absolute Gasteiger partial charge is 0.467 e. The summed E-state index contributed by atoms with van der Waals surface area (Å²) in [7, 11) is 0. The van der Waals surface area contributed by atoms with Crippen molar-refractivity contribution in [2.24, 2.45) is 0 Å². The number of hydrogen-bond donors (Lipinski definition) is 1. The molecular weight excluding hydrogens is 358 g/mol. The quantitative estimate of drug-likeness (QED) is 0.692. The topological polar surface area (TPSA) is 92.5 Å². The number of rotatable bonds is 5. The summed E-state index contributed by atoms with van der Waals surface area (Å²) in [4.78, 5) is 43.0. The van der Waals surface area contributed by atoms with Gasteiger partial charge in [0.2, 0.25) is 0 Å². The number of hydrogen-bond acceptors (Lipinski definition) is 5. The van der Waals surface area contributed by atoms with E-state index >= 15 is 0 Å². The Labute approximate surface area is 161 Å². The molecule has 0 saturated heterocycles. The van der Waals surface area contributed by atoms with Gasteiger partial charge in [0.15, 0.2) is 0 Å². The van der Waals surface area contributed by atoms with Crippen molar-refractivity contribution in [2.75, 3.05) is 0 Å². The van der Waals surface area contributed by atoms with Gasteiger partial charge < -0.3 is 9.73 Å². The lowest BCUT2D eigenvalue weighted by Gasteiger charge is -2.11. The van der Waals surface area contributed by atoms with Gasteiger partial charge in [-0.15, -0.1) is 0 Å². The number of aryl methyl sites for hydroxylation is 1. The molecular formula is C21H17N3O4. The van der Waals surface area contributed by atoms with Gasteiger partial charge in [0, 0.05) is 11.8 Å². The van der Waals surface area contributed by atoms with E-state index in [2.05, 4.69) is 10.3 Å². The van der Waals surface area contributed by atoms with Crippen molar-refractivity contribution in [3.8, 4) is 0 Å². The third-order valence-corrected chi connectivity index (χ3v) is 4.66. The van der Waals surface area contributed by atoms with E-state index in [0.29, 0.717) is 11.3 Å². The fourth-order valence-corrected chi connectivity index (χ4v) is 3.10. The summed E-state index contributed by atoms with van der Waals surface area (Å²) in [6.45, 7) is 2.25. The van der Waals surface area contributed by atoms with E-state index in [1.807, 2.05) is 19.1 Å². The molecule has 140 valence electrons. The average Bonchev–Trinajstić information content (AvgIpc) is 3.30. The first-order chi connectivity index (χ1) is 13.5. The van der Waals surface area contributed by atoms with Crippen molar-refractivity contribution in [1.29, 1.82) is 0 Å². The Morgan fingerprint density at radius 2 is 1.93 bits per heavy atom. The number of aromatic nitrogens is 1. The Bertz CT molecular complexity index is 1070. The molecule has 1 aliphatic rings. The number of pyridine rings is 1. The molecule has 1 aromatic carbocycles. The maximum atomic E-state index is 12.7. The van der Waals surface area contributed by atoms with Crippen LogP contribution in [0.25, 0.3) is 0 Å².